The Labute approximate surface area is 234 Å². The van der Waals surface area contributed by atoms with Crippen LogP contribution < -0.4 is 19.1 Å². The maximum absolute atomic E-state index is 13.5. The van der Waals surface area contributed by atoms with Crippen molar-refractivity contribution >= 4 is 39.9 Å². The normalized spacial score (nSPS) is 17.7. The Morgan fingerprint density at radius 2 is 1.85 bits per heavy atom. The molecule has 208 valence electrons. The number of amides is 1. The quantitative estimate of drug-likeness (QED) is 0.135. The van der Waals surface area contributed by atoms with E-state index >= 15 is 0 Å². The van der Waals surface area contributed by atoms with Crippen LogP contribution in [0.4, 0.5) is 5.13 Å². The highest BCUT2D eigenvalue weighted by Gasteiger charge is 2.48. The van der Waals surface area contributed by atoms with Crippen LogP contribution in [0.3, 0.4) is 0 Å². The average Bonchev–Trinajstić information content (AvgIpc) is 3.48. The summed E-state index contributed by atoms with van der Waals surface area (Å²) in [6.45, 7) is 5.01. The third-order valence-corrected chi connectivity index (χ3v) is 7.72. The number of carbonyl (C=O) groups is 3. The first-order valence-corrected chi connectivity index (χ1v) is 13.6. The minimum atomic E-state index is -1.02. The van der Waals surface area contributed by atoms with Gasteiger partial charge in [0, 0.05) is 5.56 Å². The molecule has 1 unspecified atom stereocenters. The molecule has 1 saturated heterocycles. The van der Waals surface area contributed by atoms with Crippen LogP contribution in [0.25, 0.3) is 5.76 Å². The van der Waals surface area contributed by atoms with Gasteiger partial charge < -0.3 is 24.1 Å². The number of carbonyl (C=O) groups excluding carboxylic acids is 3. The molecule has 3 aromatic rings. The third kappa shape index (κ3) is 5.00. The van der Waals surface area contributed by atoms with E-state index in [-0.39, 0.29) is 26.9 Å². The van der Waals surface area contributed by atoms with Crippen molar-refractivity contribution in [2.24, 2.45) is 0 Å². The van der Waals surface area contributed by atoms with Crippen molar-refractivity contribution < 1.29 is 38.4 Å². The summed E-state index contributed by atoms with van der Waals surface area (Å²) in [4.78, 5) is 45.1. The van der Waals surface area contributed by atoms with Crippen LogP contribution in [0.1, 0.15) is 52.3 Å². The van der Waals surface area contributed by atoms with Gasteiger partial charge in [-0.2, -0.15) is 0 Å². The van der Waals surface area contributed by atoms with E-state index in [0.29, 0.717) is 48.3 Å². The second-order valence-electron chi connectivity index (χ2n) is 9.20. The molecule has 0 bridgehead atoms. The molecule has 40 heavy (non-hydrogen) atoms. The highest BCUT2D eigenvalue weighted by Crippen LogP contribution is 2.45. The molecule has 1 fully saturated rings. The number of thiazole rings is 1. The van der Waals surface area contributed by atoms with Crippen LogP contribution in [0.2, 0.25) is 0 Å². The van der Waals surface area contributed by atoms with Crippen molar-refractivity contribution in [2.75, 3.05) is 31.8 Å². The van der Waals surface area contributed by atoms with Crippen LogP contribution in [-0.4, -0.2) is 54.7 Å². The number of esters is 1. The Kier molecular flexibility index (Phi) is 7.74. The van der Waals surface area contributed by atoms with Crippen molar-refractivity contribution in [3.05, 3.63) is 69.7 Å². The van der Waals surface area contributed by atoms with Crippen molar-refractivity contribution in [3.63, 3.8) is 0 Å². The molecule has 1 aromatic heterocycles. The van der Waals surface area contributed by atoms with Gasteiger partial charge in [0.1, 0.15) is 29.6 Å². The number of hydrogen-bond donors (Lipinski definition) is 1. The van der Waals surface area contributed by atoms with Gasteiger partial charge in [0.25, 0.3) is 5.78 Å². The van der Waals surface area contributed by atoms with Gasteiger partial charge in [-0.1, -0.05) is 36.8 Å². The van der Waals surface area contributed by atoms with E-state index in [0.717, 1.165) is 24.2 Å². The molecule has 1 atom stereocenters. The SMILES string of the molecule is CCCCOc1ccc(C2/C(=C(\O)c3ccc4c(c3)OCCO4)C(=O)C(=O)N2c2nc(C)c(C(=O)OC)s2)cc1. The number of aromatic nitrogens is 1. The molecule has 2 aliphatic rings. The first kappa shape index (κ1) is 27.2. The maximum atomic E-state index is 13.5. The molecule has 5 rings (SSSR count). The number of anilines is 1. The van der Waals surface area contributed by atoms with E-state index in [9.17, 15) is 19.5 Å². The van der Waals surface area contributed by atoms with Crippen LogP contribution in [-0.2, 0) is 14.3 Å². The highest BCUT2D eigenvalue weighted by atomic mass is 32.1. The zero-order chi connectivity index (χ0) is 28.4. The Morgan fingerprint density at radius 3 is 2.55 bits per heavy atom. The lowest BCUT2D eigenvalue weighted by atomic mass is 9.95. The molecular weight excluding hydrogens is 536 g/mol. The maximum Gasteiger partial charge on any atom is 0.350 e. The van der Waals surface area contributed by atoms with Crippen molar-refractivity contribution in [1.29, 1.82) is 0 Å². The van der Waals surface area contributed by atoms with Crippen LogP contribution in [0.15, 0.2) is 48.0 Å². The average molecular weight is 565 g/mol. The van der Waals surface area contributed by atoms with Gasteiger partial charge in [-0.25, -0.2) is 9.78 Å². The van der Waals surface area contributed by atoms with Gasteiger partial charge in [0.2, 0.25) is 0 Å². The van der Waals surface area contributed by atoms with Crippen molar-refractivity contribution in [3.8, 4) is 17.2 Å². The predicted molar refractivity (Wildman–Crippen MR) is 147 cm³/mol. The number of aliphatic hydroxyl groups excluding tert-OH is 1. The highest BCUT2D eigenvalue weighted by molar-refractivity contribution is 7.17. The topological polar surface area (TPSA) is 124 Å². The number of unbranched alkanes of at least 4 members (excludes halogenated alkanes) is 1. The summed E-state index contributed by atoms with van der Waals surface area (Å²) in [7, 11) is 1.25. The summed E-state index contributed by atoms with van der Waals surface area (Å²) in [5.74, 6) is -1.14. The van der Waals surface area contributed by atoms with Gasteiger partial charge in [-0.05, 0) is 49.2 Å². The van der Waals surface area contributed by atoms with Gasteiger partial charge in [0.05, 0.1) is 31.0 Å². The van der Waals surface area contributed by atoms with Gasteiger partial charge in [-0.3, -0.25) is 14.5 Å². The van der Waals surface area contributed by atoms with Gasteiger partial charge >= 0.3 is 11.9 Å². The molecule has 0 aliphatic carbocycles. The first-order valence-electron chi connectivity index (χ1n) is 12.8. The Balaban J connectivity index is 1.62. The molecule has 1 amide bonds. The molecule has 0 radical (unpaired) electrons. The van der Waals surface area contributed by atoms with Crippen LogP contribution in [0, 0.1) is 6.92 Å². The number of ether oxygens (including phenoxy) is 4. The summed E-state index contributed by atoms with van der Waals surface area (Å²) in [5.41, 5.74) is 1.08. The molecule has 3 heterocycles. The summed E-state index contributed by atoms with van der Waals surface area (Å²) >= 11 is 0.940. The molecule has 2 aliphatic heterocycles. The molecule has 0 saturated carbocycles. The Hall–Kier alpha value is -4.38. The van der Waals surface area contributed by atoms with E-state index in [2.05, 4.69) is 11.9 Å². The third-order valence-electron chi connectivity index (χ3n) is 6.58. The number of fused-ring (bicyclic) bond motifs is 1. The van der Waals surface area contributed by atoms with Crippen LogP contribution >= 0.6 is 11.3 Å². The second kappa shape index (κ2) is 11.4. The number of methoxy groups -OCH3 is 1. The number of Topliss-reactive ketones (excluding diaryl/α,β-unsaturated/α-hetero) is 1. The van der Waals surface area contributed by atoms with Crippen LogP contribution in [0.5, 0.6) is 17.2 Å². The predicted octanol–water partition coefficient (Wildman–Crippen LogP) is 4.81. The summed E-state index contributed by atoms with van der Waals surface area (Å²) < 4.78 is 21.8. The zero-order valence-corrected chi connectivity index (χ0v) is 23.1. The van der Waals surface area contributed by atoms with E-state index in [4.69, 9.17) is 18.9 Å². The second-order valence-corrected chi connectivity index (χ2v) is 10.2. The van der Waals surface area contributed by atoms with E-state index < -0.39 is 23.7 Å². The molecule has 10 nitrogen and oxygen atoms in total. The number of nitrogens with zero attached hydrogens (tertiary/aromatic N) is 2. The molecule has 11 heteroatoms. The minimum absolute atomic E-state index is 0.117. The summed E-state index contributed by atoms with van der Waals surface area (Å²) in [6.07, 6.45) is 1.90. The lowest BCUT2D eigenvalue weighted by molar-refractivity contribution is -0.132. The standard InChI is InChI=1S/C29H28N2O8S/c1-4-5-12-37-19-9-6-17(7-10-19)23-22(24(32)18-8-11-20-21(15-18)39-14-13-38-20)25(33)27(34)31(23)29-30-16(2)26(40-29)28(35)36-3/h6-11,15,23,32H,4-5,12-14H2,1-3H3/b24-22+. The fourth-order valence-corrected chi connectivity index (χ4v) is 5.55. The van der Waals surface area contributed by atoms with E-state index in [1.54, 1.807) is 49.4 Å². The van der Waals surface area contributed by atoms with Crippen molar-refractivity contribution in [2.45, 2.75) is 32.7 Å². The fraction of sp³-hybridized carbons (Fsp3) is 0.310. The fourth-order valence-electron chi connectivity index (χ4n) is 4.54. The van der Waals surface area contributed by atoms with Gasteiger partial charge in [0.15, 0.2) is 16.6 Å². The number of aliphatic hydroxyl groups is 1. The number of rotatable bonds is 8. The summed E-state index contributed by atoms with van der Waals surface area (Å²) in [5, 5.41) is 11.6. The van der Waals surface area contributed by atoms with E-state index in [1.165, 1.54) is 12.0 Å². The number of aryl methyl sites for hydroxylation is 1. The Morgan fingerprint density at radius 1 is 1.12 bits per heavy atom. The lowest BCUT2D eigenvalue weighted by Crippen LogP contribution is -2.29. The largest absolute Gasteiger partial charge is 0.507 e. The summed E-state index contributed by atoms with van der Waals surface area (Å²) in [6, 6.07) is 10.8. The minimum Gasteiger partial charge on any atom is -0.507 e. The molecular formula is C29H28N2O8S. The monoisotopic (exact) mass is 564 g/mol. The van der Waals surface area contributed by atoms with E-state index in [1.807, 2.05) is 0 Å². The van der Waals surface area contributed by atoms with Gasteiger partial charge in [-0.15, -0.1) is 0 Å². The Bertz CT molecular complexity index is 1490. The number of ketones is 1. The smallest absolute Gasteiger partial charge is 0.350 e. The number of hydrogen-bond acceptors (Lipinski definition) is 10. The molecule has 2 aromatic carbocycles. The molecule has 1 N–H and O–H groups in total. The zero-order valence-electron chi connectivity index (χ0n) is 22.3. The lowest BCUT2D eigenvalue weighted by Gasteiger charge is -2.23. The number of benzene rings is 2. The van der Waals surface area contributed by atoms with Crippen molar-refractivity contribution in [1.82, 2.24) is 4.98 Å². The first-order chi connectivity index (χ1) is 19.3. The molecule has 0 spiro atoms.